The van der Waals surface area contributed by atoms with Gasteiger partial charge in [-0.25, -0.2) is 0 Å². The van der Waals surface area contributed by atoms with Gasteiger partial charge < -0.3 is 5.73 Å². The largest absolute Gasteiger partial charge is 0.374 e. The van der Waals surface area contributed by atoms with Gasteiger partial charge in [-0.05, 0) is 12.5 Å². The molecule has 0 aliphatic carbocycles. The van der Waals surface area contributed by atoms with E-state index in [1.54, 1.807) is 13.0 Å². The Kier molecular flexibility index (Phi) is 3.01. The van der Waals surface area contributed by atoms with E-state index in [9.17, 15) is 10.1 Å². The summed E-state index contributed by atoms with van der Waals surface area (Å²) in [4.78, 5) is 10.4. The topological polar surface area (TPSA) is 94.9 Å². The van der Waals surface area contributed by atoms with Crippen LogP contribution in [0.2, 0.25) is 0 Å². The Hall–Kier alpha value is -2.02. The van der Waals surface area contributed by atoms with Gasteiger partial charge in [-0.2, -0.15) is 0 Å². The molecule has 6 nitrogen and oxygen atoms in total. The summed E-state index contributed by atoms with van der Waals surface area (Å²) in [6.45, 7) is 1.73. The van der Waals surface area contributed by atoms with Gasteiger partial charge in [0.1, 0.15) is 5.01 Å². The smallest absolute Gasteiger partial charge is 0.272 e. The third-order valence-electron chi connectivity index (χ3n) is 2.44. The minimum atomic E-state index is -0.382. The summed E-state index contributed by atoms with van der Waals surface area (Å²) < 4.78 is 0. The summed E-state index contributed by atoms with van der Waals surface area (Å²) in [5.74, 6) is 0. The van der Waals surface area contributed by atoms with E-state index in [0.29, 0.717) is 17.1 Å². The fourth-order valence-corrected chi connectivity index (χ4v) is 2.19. The average Bonchev–Trinajstić information content (AvgIpc) is 2.67. The van der Waals surface area contributed by atoms with Crippen LogP contribution in [-0.4, -0.2) is 15.1 Å². The summed E-state index contributed by atoms with van der Waals surface area (Å²) in [5.41, 5.74) is 7.14. The Bertz CT molecular complexity index is 567. The number of nitro groups is 1. The van der Waals surface area contributed by atoms with Crippen LogP contribution in [-0.2, 0) is 6.42 Å². The van der Waals surface area contributed by atoms with Crippen LogP contribution in [0.1, 0.15) is 16.1 Å². The summed E-state index contributed by atoms with van der Waals surface area (Å²) in [5, 5.41) is 19.6. The van der Waals surface area contributed by atoms with Gasteiger partial charge in [0.25, 0.3) is 5.69 Å². The van der Waals surface area contributed by atoms with Crippen molar-refractivity contribution in [1.82, 2.24) is 10.2 Å². The van der Waals surface area contributed by atoms with E-state index in [0.717, 1.165) is 10.6 Å². The number of nitro benzene ring substituents is 1. The number of anilines is 1. The SMILES string of the molecule is Cc1c(Cc2nnc(N)s2)cccc1[N+](=O)[O-]. The highest BCUT2D eigenvalue weighted by molar-refractivity contribution is 7.15. The molecule has 0 aliphatic rings. The van der Waals surface area contributed by atoms with E-state index in [1.807, 2.05) is 6.07 Å². The molecule has 88 valence electrons. The first-order chi connectivity index (χ1) is 8.08. The zero-order chi connectivity index (χ0) is 12.4. The van der Waals surface area contributed by atoms with E-state index < -0.39 is 0 Å². The zero-order valence-corrected chi connectivity index (χ0v) is 9.90. The molecule has 1 heterocycles. The van der Waals surface area contributed by atoms with Crippen molar-refractivity contribution in [2.24, 2.45) is 0 Å². The molecule has 7 heteroatoms. The van der Waals surface area contributed by atoms with Gasteiger partial charge in [-0.15, -0.1) is 10.2 Å². The number of hydrogen-bond acceptors (Lipinski definition) is 6. The molecule has 1 aromatic carbocycles. The van der Waals surface area contributed by atoms with E-state index in [4.69, 9.17) is 5.73 Å². The molecule has 0 spiro atoms. The quantitative estimate of drug-likeness (QED) is 0.663. The first-order valence-electron chi connectivity index (χ1n) is 4.88. The van der Waals surface area contributed by atoms with Crippen LogP contribution in [0.25, 0.3) is 0 Å². The molecule has 0 radical (unpaired) electrons. The maximum atomic E-state index is 10.8. The van der Waals surface area contributed by atoms with Gasteiger partial charge in [-0.1, -0.05) is 23.5 Å². The lowest BCUT2D eigenvalue weighted by molar-refractivity contribution is -0.385. The lowest BCUT2D eigenvalue weighted by Gasteiger charge is -2.03. The average molecular weight is 250 g/mol. The van der Waals surface area contributed by atoms with Crippen molar-refractivity contribution < 1.29 is 4.92 Å². The molecule has 17 heavy (non-hydrogen) atoms. The lowest BCUT2D eigenvalue weighted by atomic mass is 10.0. The fourth-order valence-electron chi connectivity index (χ4n) is 1.56. The van der Waals surface area contributed by atoms with E-state index >= 15 is 0 Å². The minimum absolute atomic E-state index is 0.125. The van der Waals surface area contributed by atoms with E-state index in [1.165, 1.54) is 17.4 Å². The highest BCUT2D eigenvalue weighted by Crippen LogP contribution is 2.24. The predicted molar refractivity (Wildman–Crippen MR) is 65.0 cm³/mol. The monoisotopic (exact) mass is 250 g/mol. The number of nitrogen functional groups attached to an aromatic ring is 1. The van der Waals surface area contributed by atoms with Crippen molar-refractivity contribution in [3.05, 3.63) is 44.4 Å². The van der Waals surface area contributed by atoms with Crippen LogP contribution in [0.15, 0.2) is 18.2 Å². The van der Waals surface area contributed by atoms with E-state index in [-0.39, 0.29) is 10.6 Å². The van der Waals surface area contributed by atoms with Gasteiger partial charge in [0, 0.05) is 18.1 Å². The Labute approximate surface area is 101 Å². The standard InChI is InChI=1S/C10H10N4O2S/c1-6-7(3-2-4-8(6)14(15)16)5-9-12-13-10(11)17-9/h2-4H,5H2,1H3,(H2,11,13). The minimum Gasteiger partial charge on any atom is -0.374 e. The van der Waals surface area contributed by atoms with Crippen molar-refractivity contribution >= 4 is 22.2 Å². The second-order valence-electron chi connectivity index (χ2n) is 3.53. The van der Waals surface area contributed by atoms with Crippen molar-refractivity contribution in [1.29, 1.82) is 0 Å². The van der Waals surface area contributed by atoms with Crippen LogP contribution in [0.5, 0.6) is 0 Å². The third-order valence-corrected chi connectivity index (χ3v) is 3.19. The molecule has 0 atom stereocenters. The second-order valence-corrected chi connectivity index (χ2v) is 4.62. The number of hydrogen-bond donors (Lipinski definition) is 1. The first-order valence-corrected chi connectivity index (χ1v) is 5.70. The second kappa shape index (κ2) is 4.46. The number of aromatic nitrogens is 2. The number of nitrogens with zero attached hydrogens (tertiary/aromatic N) is 3. The van der Waals surface area contributed by atoms with Crippen molar-refractivity contribution in [2.45, 2.75) is 13.3 Å². The zero-order valence-electron chi connectivity index (χ0n) is 9.08. The normalized spacial score (nSPS) is 10.4. The van der Waals surface area contributed by atoms with Gasteiger partial charge in [0.15, 0.2) is 0 Å². The molecule has 2 rings (SSSR count). The molecule has 0 bridgehead atoms. The maximum absolute atomic E-state index is 10.8. The molecule has 2 N–H and O–H groups in total. The Morgan fingerprint density at radius 1 is 1.47 bits per heavy atom. The highest BCUT2D eigenvalue weighted by atomic mass is 32.1. The molecule has 1 aromatic heterocycles. The summed E-state index contributed by atoms with van der Waals surface area (Å²) in [7, 11) is 0. The molecular weight excluding hydrogens is 240 g/mol. The molecule has 0 aliphatic heterocycles. The molecule has 0 saturated heterocycles. The van der Waals surface area contributed by atoms with Gasteiger partial charge >= 0.3 is 0 Å². The lowest BCUT2D eigenvalue weighted by Crippen LogP contribution is -1.97. The molecule has 0 unspecified atom stereocenters. The van der Waals surface area contributed by atoms with Crippen LogP contribution in [0.3, 0.4) is 0 Å². The molecule has 0 fully saturated rings. The van der Waals surface area contributed by atoms with Gasteiger partial charge in [0.05, 0.1) is 4.92 Å². The fraction of sp³-hybridized carbons (Fsp3) is 0.200. The summed E-state index contributed by atoms with van der Waals surface area (Å²) >= 11 is 1.29. The third kappa shape index (κ3) is 2.39. The first kappa shape index (κ1) is 11.5. The highest BCUT2D eigenvalue weighted by Gasteiger charge is 2.14. The Balaban J connectivity index is 2.33. The molecule has 2 aromatic rings. The number of nitrogens with two attached hydrogens (primary N) is 1. The van der Waals surface area contributed by atoms with Crippen LogP contribution >= 0.6 is 11.3 Å². The van der Waals surface area contributed by atoms with Crippen LogP contribution < -0.4 is 5.73 Å². The summed E-state index contributed by atoms with van der Waals surface area (Å²) in [6.07, 6.45) is 0.516. The Morgan fingerprint density at radius 3 is 2.82 bits per heavy atom. The van der Waals surface area contributed by atoms with Gasteiger partial charge in [0.2, 0.25) is 5.13 Å². The predicted octanol–water partition coefficient (Wildman–Crippen LogP) is 1.93. The van der Waals surface area contributed by atoms with Crippen LogP contribution in [0, 0.1) is 17.0 Å². The van der Waals surface area contributed by atoms with Crippen LogP contribution in [0.4, 0.5) is 10.8 Å². The number of benzene rings is 1. The number of rotatable bonds is 3. The molecule has 0 amide bonds. The Morgan fingerprint density at radius 2 is 2.24 bits per heavy atom. The van der Waals surface area contributed by atoms with Crippen molar-refractivity contribution in [2.75, 3.05) is 5.73 Å². The van der Waals surface area contributed by atoms with E-state index in [2.05, 4.69) is 10.2 Å². The maximum Gasteiger partial charge on any atom is 0.272 e. The summed E-state index contributed by atoms with van der Waals surface area (Å²) in [6, 6.07) is 5.01. The molecule has 0 saturated carbocycles. The van der Waals surface area contributed by atoms with Crippen molar-refractivity contribution in [3.8, 4) is 0 Å². The van der Waals surface area contributed by atoms with Gasteiger partial charge in [-0.3, -0.25) is 10.1 Å². The van der Waals surface area contributed by atoms with Crippen molar-refractivity contribution in [3.63, 3.8) is 0 Å². The molecular formula is C10H10N4O2S.